The molecule has 5 heteroatoms. The van der Waals surface area contributed by atoms with Gasteiger partial charge in [0.15, 0.2) is 14.1 Å². The summed E-state index contributed by atoms with van der Waals surface area (Å²) in [5, 5.41) is 11.9. The summed E-state index contributed by atoms with van der Waals surface area (Å²) in [5.41, 5.74) is 1.70. The highest BCUT2D eigenvalue weighted by Crippen LogP contribution is 2.59. The number of ether oxygens (including phenoxy) is 2. The fourth-order valence-electron chi connectivity index (χ4n) is 6.52. The Morgan fingerprint density at radius 3 is 2.25 bits per heavy atom. The Morgan fingerprint density at radius 1 is 1.06 bits per heavy atom. The van der Waals surface area contributed by atoms with Crippen molar-refractivity contribution < 1.29 is 19.0 Å². The van der Waals surface area contributed by atoms with Gasteiger partial charge in [-0.25, -0.2) is 0 Å². The van der Waals surface area contributed by atoms with Crippen molar-refractivity contribution >= 4 is 8.32 Å². The quantitative estimate of drug-likeness (QED) is 0.258. The molecular weight excluding hydrogens is 464 g/mol. The van der Waals surface area contributed by atoms with Gasteiger partial charge in [0.1, 0.15) is 0 Å². The van der Waals surface area contributed by atoms with E-state index in [1.54, 1.807) is 5.57 Å². The van der Waals surface area contributed by atoms with Crippen LogP contribution in [0.4, 0.5) is 0 Å². The molecule has 3 aliphatic rings. The van der Waals surface area contributed by atoms with Crippen LogP contribution in [0.5, 0.6) is 0 Å². The van der Waals surface area contributed by atoms with Crippen molar-refractivity contribution in [2.45, 2.75) is 137 Å². The molecule has 1 N–H and O–H groups in total. The van der Waals surface area contributed by atoms with E-state index in [0.29, 0.717) is 25.0 Å². The summed E-state index contributed by atoms with van der Waals surface area (Å²) in [7, 11) is -1.76. The molecule has 5 atom stereocenters. The predicted molar refractivity (Wildman–Crippen MR) is 153 cm³/mol. The summed E-state index contributed by atoms with van der Waals surface area (Å²) in [6.07, 6.45) is 9.23. The first-order valence-electron chi connectivity index (χ1n) is 14.7. The molecule has 1 aliphatic heterocycles. The maximum atomic E-state index is 11.7. The Balaban J connectivity index is 1.69. The lowest BCUT2D eigenvalue weighted by Gasteiger charge is -2.55. The number of hydrogen-bond acceptors (Lipinski definition) is 4. The molecule has 1 saturated carbocycles. The molecule has 0 amide bonds. The van der Waals surface area contributed by atoms with Crippen LogP contribution in [0.3, 0.4) is 0 Å². The van der Waals surface area contributed by atoms with Crippen LogP contribution in [-0.2, 0) is 13.9 Å². The lowest BCUT2D eigenvalue weighted by atomic mass is 9.50. The van der Waals surface area contributed by atoms with Crippen LogP contribution in [0.25, 0.3) is 0 Å². The summed E-state index contributed by atoms with van der Waals surface area (Å²) in [6.45, 7) is 27.6. The van der Waals surface area contributed by atoms with Gasteiger partial charge >= 0.3 is 0 Å². The van der Waals surface area contributed by atoms with Gasteiger partial charge < -0.3 is 19.0 Å². The standard InChI is InChI=1S/C31H58O4Si/c1-23-14-15-25-24(29(23,7)19-20-35-36(10,11)27(2,3)4)13-12-17-30(25,8)26(32)16-18-31(9)33-21-28(5,6)22-34-31/h13,23,25-26,32H,12,14-22H2,1-11H3/t23-,25+,26?,29+,30+/m1/s1. The molecule has 4 nitrogen and oxygen atoms in total. The van der Waals surface area contributed by atoms with Crippen molar-refractivity contribution in [1.29, 1.82) is 0 Å². The van der Waals surface area contributed by atoms with Crippen molar-refractivity contribution in [3.63, 3.8) is 0 Å². The van der Waals surface area contributed by atoms with Crippen LogP contribution in [-0.4, -0.2) is 45.1 Å². The molecule has 2 fully saturated rings. The summed E-state index contributed by atoms with van der Waals surface area (Å²) in [5.74, 6) is 0.487. The molecule has 210 valence electrons. The average Bonchev–Trinajstić information content (AvgIpc) is 2.77. The van der Waals surface area contributed by atoms with Crippen molar-refractivity contribution in [3.8, 4) is 0 Å². The van der Waals surface area contributed by atoms with E-state index in [1.807, 2.05) is 6.92 Å². The summed E-state index contributed by atoms with van der Waals surface area (Å²) < 4.78 is 18.9. The minimum absolute atomic E-state index is 0.0602. The number of rotatable bonds is 8. The van der Waals surface area contributed by atoms with E-state index in [2.05, 4.69) is 74.6 Å². The first-order valence-corrected chi connectivity index (χ1v) is 17.6. The highest BCUT2D eigenvalue weighted by atomic mass is 28.4. The van der Waals surface area contributed by atoms with E-state index in [4.69, 9.17) is 13.9 Å². The second-order valence-corrected chi connectivity index (χ2v) is 20.3. The molecule has 1 heterocycles. The highest BCUT2D eigenvalue weighted by molar-refractivity contribution is 6.74. The number of aliphatic hydroxyl groups is 1. The van der Waals surface area contributed by atoms with Crippen LogP contribution in [0, 0.1) is 28.1 Å². The Kier molecular flexibility index (Phi) is 8.77. The van der Waals surface area contributed by atoms with Crippen molar-refractivity contribution in [2.75, 3.05) is 19.8 Å². The van der Waals surface area contributed by atoms with Gasteiger partial charge in [0.05, 0.1) is 19.3 Å². The zero-order chi connectivity index (χ0) is 27.2. The minimum atomic E-state index is -1.76. The van der Waals surface area contributed by atoms with Crippen LogP contribution in [0.1, 0.15) is 107 Å². The van der Waals surface area contributed by atoms with Crippen LogP contribution in [0.15, 0.2) is 11.6 Å². The Hall–Kier alpha value is -0.203. The van der Waals surface area contributed by atoms with Gasteiger partial charge in [-0.3, -0.25) is 0 Å². The van der Waals surface area contributed by atoms with Gasteiger partial charge in [0.25, 0.3) is 0 Å². The lowest BCUT2D eigenvalue weighted by molar-refractivity contribution is -0.294. The van der Waals surface area contributed by atoms with Gasteiger partial charge in [-0.1, -0.05) is 67.0 Å². The maximum absolute atomic E-state index is 11.7. The van der Waals surface area contributed by atoms with E-state index >= 15 is 0 Å². The Morgan fingerprint density at radius 2 is 1.67 bits per heavy atom. The Labute approximate surface area is 224 Å². The molecule has 0 bridgehead atoms. The van der Waals surface area contributed by atoms with Crippen LogP contribution in [0.2, 0.25) is 18.1 Å². The average molecular weight is 523 g/mol. The van der Waals surface area contributed by atoms with Crippen LogP contribution < -0.4 is 0 Å². The monoisotopic (exact) mass is 522 g/mol. The van der Waals surface area contributed by atoms with E-state index in [-0.39, 0.29) is 27.4 Å². The first kappa shape index (κ1) is 30.3. The molecular formula is C31H58O4Si. The highest BCUT2D eigenvalue weighted by Gasteiger charge is 2.52. The van der Waals surface area contributed by atoms with E-state index in [0.717, 1.165) is 38.7 Å². The molecule has 1 saturated heterocycles. The van der Waals surface area contributed by atoms with Crippen LogP contribution >= 0.6 is 0 Å². The predicted octanol–water partition coefficient (Wildman–Crippen LogP) is 8.11. The Bertz CT molecular complexity index is 787. The maximum Gasteiger partial charge on any atom is 0.191 e. The van der Waals surface area contributed by atoms with Crippen molar-refractivity contribution in [2.24, 2.45) is 28.1 Å². The van der Waals surface area contributed by atoms with Gasteiger partial charge in [-0.05, 0) is 80.8 Å². The third-order valence-electron chi connectivity index (χ3n) is 10.9. The zero-order valence-corrected chi connectivity index (χ0v) is 26.6. The smallest absolute Gasteiger partial charge is 0.191 e. The molecule has 0 aromatic heterocycles. The second-order valence-electron chi connectivity index (χ2n) is 15.4. The molecule has 36 heavy (non-hydrogen) atoms. The number of allylic oxidation sites excluding steroid dienone is 2. The minimum Gasteiger partial charge on any atom is -0.417 e. The molecule has 3 rings (SSSR count). The summed E-state index contributed by atoms with van der Waals surface area (Å²) in [6, 6.07) is 0. The fraction of sp³-hybridized carbons (Fsp3) is 0.935. The van der Waals surface area contributed by atoms with E-state index in [9.17, 15) is 5.11 Å². The van der Waals surface area contributed by atoms with Gasteiger partial charge in [0, 0.05) is 23.9 Å². The summed E-state index contributed by atoms with van der Waals surface area (Å²) in [4.78, 5) is 0. The van der Waals surface area contributed by atoms with Crippen molar-refractivity contribution in [3.05, 3.63) is 11.6 Å². The third-order valence-corrected chi connectivity index (χ3v) is 15.5. The lowest BCUT2D eigenvalue weighted by Crippen LogP contribution is -2.50. The van der Waals surface area contributed by atoms with Crippen molar-refractivity contribution in [1.82, 2.24) is 0 Å². The van der Waals surface area contributed by atoms with Gasteiger partial charge in [0.2, 0.25) is 0 Å². The van der Waals surface area contributed by atoms with E-state index in [1.165, 1.54) is 12.8 Å². The zero-order valence-electron chi connectivity index (χ0n) is 25.6. The molecule has 2 aliphatic carbocycles. The largest absolute Gasteiger partial charge is 0.417 e. The molecule has 0 spiro atoms. The number of hydrogen-bond donors (Lipinski definition) is 1. The SMILES string of the molecule is C[C@@H]1CC[C@H]2C(=CCC[C@]2(C)C(O)CCC2(C)OCC(C)(C)CO2)[C@@]1(C)CCO[Si](C)(C)C(C)(C)C. The third kappa shape index (κ3) is 6.16. The molecule has 0 radical (unpaired) electrons. The van der Waals surface area contributed by atoms with Gasteiger partial charge in [-0.15, -0.1) is 0 Å². The summed E-state index contributed by atoms with van der Waals surface area (Å²) >= 11 is 0. The normalized spacial score (nSPS) is 35.6. The van der Waals surface area contributed by atoms with Gasteiger partial charge in [-0.2, -0.15) is 0 Å². The first-order chi connectivity index (χ1) is 16.4. The van der Waals surface area contributed by atoms with E-state index < -0.39 is 14.1 Å². The fourth-order valence-corrected chi connectivity index (χ4v) is 7.57. The molecule has 0 aromatic rings. The molecule has 1 unspecified atom stereocenters. The number of fused-ring (bicyclic) bond motifs is 1. The molecule has 0 aromatic carbocycles. The number of aliphatic hydroxyl groups excluding tert-OH is 1. The topological polar surface area (TPSA) is 47.9 Å². The second kappa shape index (κ2) is 10.4.